The van der Waals surface area contributed by atoms with E-state index >= 15 is 0 Å². The molecule has 0 atom stereocenters. The van der Waals surface area contributed by atoms with Gasteiger partial charge in [-0.3, -0.25) is 4.98 Å². The third-order valence-corrected chi connectivity index (χ3v) is 4.77. The van der Waals surface area contributed by atoms with Crippen molar-refractivity contribution in [3.63, 3.8) is 0 Å². The summed E-state index contributed by atoms with van der Waals surface area (Å²) in [7, 11) is 2.14. The number of aromatic nitrogens is 2. The zero-order chi connectivity index (χ0) is 17.2. The second-order valence-electron chi connectivity index (χ2n) is 6.55. The van der Waals surface area contributed by atoms with Crippen molar-refractivity contribution in [1.82, 2.24) is 14.9 Å². The number of hydrogen-bond donors (Lipinski definition) is 0. The molecule has 1 fully saturated rings. The number of pyridine rings is 1. The lowest BCUT2D eigenvalue weighted by atomic mass is 9.97. The van der Waals surface area contributed by atoms with E-state index in [4.69, 9.17) is 9.40 Å². The van der Waals surface area contributed by atoms with Crippen molar-refractivity contribution in [2.24, 2.45) is 0 Å². The molecule has 0 unspecified atom stereocenters. The summed E-state index contributed by atoms with van der Waals surface area (Å²) in [5, 5.41) is 0. The van der Waals surface area contributed by atoms with Crippen LogP contribution in [0.1, 0.15) is 24.7 Å². The van der Waals surface area contributed by atoms with Crippen LogP contribution in [-0.2, 0) is 0 Å². The van der Waals surface area contributed by atoms with Gasteiger partial charge in [-0.1, -0.05) is 0 Å². The molecule has 25 heavy (non-hydrogen) atoms. The fraction of sp³-hybridized carbons (Fsp3) is 0.300. The predicted octanol–water partition coefficient (Wildman–Crippen LogP) is 4.35. The molecule has 0 aliphatic carbocycles. The molecule has 0 N–H and O–H groups in total. The van der Waals surface area contributed by atoms with Gasteiger partial charge < -0.3 is 9.32 Å². The second kappa shape index (κ2) is 6.76. The maximum Gasteiger partial charge on any atom is 0.198 e. The first-order chi connectivity index (χ1) is 12.2. The van der Waals surface area contributed by atoms with Gasteiger partial charge in [-0.15, -0.1) is 0 Å². The molecule has 1 aromatic carbocycles. The normalized spacial score (nSPS) is 16.2. The Hall–Kier alpha value is -2.53. The predicted molar refractivity (Wildman–Crippen MR) is 94.6 cm³/mol. The number of likely N-dealkylation sites (tertiary alicyclic amines) is 1. The SMILES string of the molecule is CN1CCC(c2nc(-c3ccc(F)cc3)c(-c3ccncc3)o2)CC1. The third-order valence-electron chi connectivity index (χ3n) is 4.77. The zero-order valence-electron chi connectivity index (χ0n) is 14.2. The Morgan fingerprint density at radius 3 is 2.36 bits per heavy atom. The van der Waals surface area contributed by atoms with E-state index in [-0.39, 0.29) is 5.82 Å². The molecule has 0 spiro atoms. The fourth-order valence-electron chi connectivity index (χ4n) is 3.27. The van der Waals surface area contributed by atoms with Crippen LogP contribution in [0.4, 0.5) is 4.39 Å². The summed E-state index contributed by atoms with van der Waals surface area (Å²) < 4.78 is 19.5. The number of piperidine rings is 1. The van der Waals surface area contributed by atoms with E-state index in [9.17, 15) is 4.39 Å². The van der Waals surface area contributed by atoms with E-state index in [2.05, 4.69) is 16.9 Å². The Labute approximate surface area is 146 Å². The molecule has 4 nitrogen and oxygen atoms in total. The van der Waals surface area contributed by atoms with Crippen LogP contribution >= 0.6 is 0 Å². The zero-order valence-corrected chi connectivity index (χ0v) is 14.2. The molecule has 5 heteroatoms. The number of rotatable bonds is 3. The van der Waals surface area contributed by atoms with Gasteiger partial charge in [0, 0.05) is 29.4 Å². The Bertz CT molecular complexity index is 837. The van der Waals surface area contributed by atoms with Crippen LogP contribution in [0.3, 0.4) is 0 Å². The van der Waals surface area contributed by atoms with E-state index < -0.39 is 0 Å². The quantitative estimate of drug-likeness (QED) is 0.712. The van der Waals surface area contributed by atoms with E-state index in [1.54, 1.807) is 24.5 Å². The van der Waals surface area contributed by atoms with E-state index in [1.165, 1.54) is 12.1 Å². The number of hydrogen-bond acceptors (Lipinski definition) is 4. The Morgan fingerprint density at radius 1 is 1.00 bits per heavy atom. The maximum atomic E-state index is 13.3. The van der Waals surface area contributed by atoms with E-state index in [0.717, 1.165) is 54.4 Å². The molecule has 0 radical (unpaired) electrons. The third kappa shape index (κ3) is 3.33. The molecule has 128 valence electrons. The van der Waals surface area contributed by atoms with Crippen LogP contribution in [0.15, 0.2) is 53.2 Å². The minimum atomic E-state index is -0.256. The summed E-state index contributed by atoms with van der Waals surface area (Å²) in [6, 6.07) is 10.2. The molecule has 3 aromatic rings. The first-order valence-electron chi connectivity index (χ1n) is 8.56. The minimum Gasteiger partial charge on any atom is -0.440 e. The Morgan fingerprint density at radius 2 is 1.68 bits per heavy atom. The Balaban J connectivity index is 1.77. The number of benzene rings is 1. The molecule has 0 saturated carbocycles. The lowest BCUT2D eigenvalue weighted by molar-refractivity contribution is 0.238. The van der Waals surface area contributed by atoms with Crippen LogP contribution in [0.5, 0.6) is 0 Å². The van der Waals surface area contributed by atoms with Crippen molar-refractivity contribution >= 4 is 0 Å². The highest BCUT2D eigenvalue weighted by molar-refractivity contribution is 5.76. The standard InChI is InChI=1S/C20H20FN3O/c1-24-12-8-16(9-13-24)20-23-18(14-2-4-17(21)5-3-14)19(25-20)15-6-10-22-11-7-15/h2-7,10-11,16H,8-9,12-13H2,1H3. The summed E-state index contributed by atoms with van der Waals surface area (Å²) in [6.07, 6.45) is 5.55. The van der Waals surface area contributed by atoms with Crippen molar-refractivity contribution in [2.75, 3.05) is 20.1 Å². The van der Waals surface area contributed by atoms with Crippen molar-refractivity contribution in [3.8, 4) is 22.6 Å². The van der Waals surface area contributed by atoms with E-state index in [0.29, 0.717) is 5.92 Å². The topological polar surface area (TPSA) is 42.2 Å². The van der Waals surface area contributed by atoms with Gasteiger partial charge in [0.2, 0.25) is 0 Å². The molecule has 1 aliphatic heterocycles. The molecule has 1 saturated heterocycles. The number of halogens is 1. The first-order valence-corrected chi connectivity index (χ1v) is 8.56. The van der Waals surface area contributed by atoms with Gasteiger partial charge in [0.1, 0.15) is 11.5 Å². The molecule has 0 bridgehead atoms. The van der Waals surface area contributed by atoms with Gasteiger partial charge in [0.25, 0.3) is 0 Å². The summed E-state index contributed by atoms with van der Waals surface area (Å²) in [6.45, 7) is 2.09. The van der Waals surface area contributed by atoms with Crippen LogP contribution < -0.4 is 0 Å². The van der Waals surface area contributed by atoms with Crippen LogP contribution in [0.25, 0.3) is 22.6 Å². The van der Waals surface area contributed by atoms with Gasteiger partial charge in [0.15, 0.2) is 11.7 Å². The van der Waals surface area contributed by atoms with Gasteiger partial charge in [0.05, 0.1) is 0 Å². The van der Waals surface area contributed by atoms with E-state index in [1.807, 2.05) is 12.1 Å². The summed E-state index contributed by atoms with van der Waals surface area (Å²) >= 11 is 0. The first kappa shape index (κ1) is 16.0. The number of oxazole rings is 1. The molecule has 2 aromatic heterocycles. The lowest BCUT2D eigenvalue weighted by Crippen LogP contribution is -2.29. The van der Waals surface area contributed by atoms with Gasteiger partial charge in [-0.05, 0) is 69.4 Å². The Kier molecular flexibility index (Phi) is 4.32. The molecule has 1 aliphatic rings. The van der Waals surface area contributed by atoms with Crippen molar-refractivity contribution in [2.45, 2.75) is 18.8 Å². The largest absolute Gasteiger partial charge is 0.440 e. The minimum absolute atomic E-state index is 0.256. The molecule has 0 amide bonds. The van der Waals surface area contributed by atoms with Crippen LogP contribution in [0.2, 0.25) is 0 Å². The van der Waals surface area contributed by atoms with Crippen LogP contribution in [-0.4, -0.2) is 35.0 Å². The van der Waals surface area contributed by atoms with Gasteiger partial charge >= 0.3 is 0 Å². The average molecular weight is 337 g/mol. The molecular weight excluding hydrogens is 317 g/mol. The summed E-state index contributed by atoms with van der Waals surface area (Å²) in [5.74, 6) is 1.57. The monoisotopic (exact) mass is 337 g/mol. The lowest BCUT2D eigenvalue weighted by Gasteiger charge is -2.26. The van der Waals surface area contributed by atoms with Crippen LogP contribution in [0, 0.1) is 5.82 Å². The highest BCUT2D eigenvalue weighted by Crippen LogP contribution is 2.37. The fourth-order valence-corrected chi connectivity index (χ4v) is 3.27. The number of nitrogens with zero attached hydrogens (tertiary/aromatic N) is 3. The smallest absolute Gasteiger partial charge is 0.198 e. The second-order valence-corrected chi connectivity index (χ2v) is 6.55. The highest BCUT2D eigenvalue weighted by atomic mass is 19.1. The van der Waals surface area contributed by atoms with Crippen molar-refractivity contribution in [1.29, 1.82) is 0 Å². The summed E-state index contributed by atoms with van der Waals surface area (Å²) in [5.41, 5.74) is 2.55. The highest BCUT2D eigenvalue weighted by Gasteiger charge is 2.26. The maximum absolute atomic E-state index is 13.3. The van der Waals surface area contributed by atoms with Crippen molar-refractivity contribution in [3.05, 3.63) is 60.5 Å². The average Bonchev–Trinajstić information content (AvgIpc) is 3.09. The van der Waals surface area contributed by atoms with Gasteiger partial charge in [-0.2, -0.15) is 0 Å². The molecular formula is C20H20FN3O. The molecule has 3 heterocycles. The molecule has 4 rings (SSSR count). The van der Waals surface area contributed by atoms with Gasteiger partial charge in [-0.25, -0.2) is 9.37 Å². The summed E-state index contributed by atoms with van der Waals surface area (Å²) in [4.78, 5) is 11.2. The van der Waals surface area contributed by atoms with Crippen molar-refractivity contribution < 1.29 is 8.81 Å².